The predicted octanol–water partition coefficient (Wildman–Crippen LogP) is -0.650. The Morgan fingerprint density at radius 1 is 1.52 bits per heavy atom. The molecule has 0 saturated carbocycles. The lowest BCUT2D eigenvalue weighted by Crippen LogP contribution is -2.55. The van der Waals surface area contributed by atoms with Gasteiger partial charge in [0.05, 0.1) is 18.6 Å². The largest absolute Gasteiger partial charge is 0.480 e. The fourth-order valence-corrected chi connectivity index (χ4v) is 2.98. The molecule has 2 N–H and O–H groups in total. The van der Waals surface area contributed by atoms with E-state index in [2.05, 4.69) is 5.32 Å². The van der Waals surface area contributed by atoms with Crippen LogP contribution in [0.15, 0.2) is 0 Å². The number of nitrogens with zero attached hydrogens (tertiary/aromatic N) is 2. The Labute approximate surface area is 123 Å². The van der Waals surface area contributed by atoms with E-state index in [1.54, 1.807) is 4.90 Å². The van der Waals surface area contributed by atoms with Crippen molar-refractivity contribution in [1.29, 1.82) is 0 Å². The highest BCUT2D eigenvalue weighted by Crippen LogP contribution is 2.28. The third-order valence-electron chi connectivity index (χ3n) is 4.01. The number of carboxylic acids is 1. The van der Waals surface area contributed by atoms with Crippen LogP contribution in [0.1, 0.15) is 12.8 Å². The summed E-state index contributed by atoms with van der Waals surface area (Å²) in [6.07, 6.45) is 1.53. The molecule has 0 bridgehead atoms. The summed E-state index contributed by atoms with van der Waals surface area (Å²) in [5.74, 6) is -1.25. The van der Waals surface area contributed by atoms with Gasteiger partial charge in [0.15, 0.2) is 0 Å². The fourth-order valence-electron chi connectivity index (χ4n) is 2.98. The molecule has 21 heavy (non-hydrogen) atoms. The normalized spacial score (nSPS) is 24.4. The minimum Gasteiger partial charge on any atom is -0.480 e. The van der Waals surface area contributed by atoms with Gasteiger partial charge in [0.2, 0.25) is 5.91 Å². The molecule has 0 spiro atoms. The highest BCUT2D eigenvalue weighted by atomic mass is 16.5. The Kier molecular flexibility index (Phi) is 5.00. The molecule has 118 valence electrons. The molecule has 2 fully saturated rings. The Bertz CT molecular complexity index is 428. The Balaban J connectivity index is 2.07. The average Bonchev–Trinajstić information content (AvgIpc) is 2.84. The number of likely N-dealkylation sites (tertiary alicyclic amines) is 1. The average molecular weight is 299 g/mol. The molecule has 0 aliphatic carbocycles. The van der Waals surface area contributed by atoms with E-state index in [1.807, 2.05) is 0 Å². The van der Waals surface area contributed by atoms with Crippen LogP contribution in [-0.2, 0) is 14.3 Å². The molecule has 8 heteroatoms. The molecule has 2 heterocycles. The van der Waals surface area contributed by atoms with Gasteiger partial charge >= 0.3 is 12.0 Å². The van der Waals surface area contributed by atoms with E-state index in [4.69, 9.17) is 9.84 Å². The second kappa shape index (κ2) is 6.75. The number of piperidine rings is 1. The van der Waals surface area contributed by atoms with Gasteiger partial charge in [0.1, 0.15) is 6.54 Å². The number of amides is 3. The number of carboxylic acid groups (broad SMARTS) is 1. The minimum atomic E-state index is -1.06. The Hall–Kier alpha value is -1.83. The van der Waals surface area contributed by atoms with E-state index < -0.39 is 5.97 Å². The first-order chi connectivity index (χ1) is 10.0. The molecule has 8 nitrogen and oxygen atoms in total. The van der Waals surface area contributed by atoms with Crippen LogP contribution >= 0.6 is 0 Å². The lowest BCUT2D eigenvalue weighted by Gasteiger charge is -2.38. The second-order valence-electron chi connectivity index (χ2n) is 5.35. The number of rotatable bonds is 5. The molecule has 2 saturated heterocycles. The first-order valence-corrected chi connectivity index (χ1v) is 7.08. The number of ether oxygens (including phenoxy) is 1. The molecular weight excluding hydrogens is 278 g/mol. The van der Waals surface area contributed by atoms with Crippen molar-refractivity contribution in [2.75, 3.05) is 39.9 Å². The molecule has 3 amide bonds. The van der Waals surface area contributed by atoms with Gasteiger partial charge in [-0.3, -0.25) is 9.59 Å². The third-order valence-corrected chi connectivity index (χ3v) is 4.01. The highest BCUT2D eigenvalue weighted by molar-refractivity contribution is 5.85. The quantitative estimate of drug-likeness (QED) is 0.703. The zero-order valence-corrected chi connectivity index (χ0v) is 12.1. The maximum Gasteiger partial charge on any atom is 0.323 e. The topological polar surface area (TPSA) is 99.2 Å². The summed E-state index contributed by atoms with van der Waals surface area (Å²) in [5, 5.41) is 11.7. The van der Waals surface area contributed by atoms with Gasteiger partial charge in [0, 0.05) is 26.7 Å². The van der Waals surface area contributed by atoms with E-state index in [0.717, 1.165) is 12.8 Å². The molecular formula is C13H21N3O5. The number of hydrogen-bond acceptors (Lipinski definition) is 4. The van der Waals surface area contributed by atoms with Crippen molar-refractivity contribution < 1.29 is 24.2 Å². The number of urea groups is 1. The molecule has 2 aliphatic heterocycles. The van der Waals surface area contributed by atoms with Crippen molar-refractivity contribution in [2.45, 2.75) is 18.9 Å². The summed E-state index contributed by atoms with van der Waals surface area (Å²) in [5.41, 5.74) is 0. The monoisotopic (exact) mass is 299 g/mol. The van der Waals surface area contributed by atoms with E-state index in [-0.39, 0.29) is 43.6 Å². The number of carbonyl (C=O) groups excluding carboxylic acids is 2. The van der Waals surface area contributed by atoms with Gasteiger partial charge in [-0.25, -0.2) is 4.79 Å². The molecule has 2 unspecified atom stereocenters. The number of nitrogens with one attached hydrogen (secondary N) is 1. The van der Waals surface area contributed by atoms with E-state index >= 15 is 0 Å². The van der Waals surface area contributed by atoms with Gasteiger partial charge in [-0.2, -0.15) is 0 Å². The smallest absolute Gasteiger partial charge is 0.323 e. The van der Waals surface area contributed by atoms with Crippen molar-refractivity contribution in [3.05, 3.63) is 0 Å². The van der Waals surface area contributed by atoms with Gasteiger partial charge in [0.25, 0.3) is 0 Å². The molecule has 0 aromatic carbocycles. The van der Waals surface area contributed by atoms with Crippen LogP contribution in [0.25, 0.3) is 0 Å². The molecule has 2 aliphatic rings. The van der Waals surface area contributed by atoms with Crippen molar-refractivity contribution in [2.24, 2.45) is 5.92 Å². The Morgan fingerprint density at radius 2 is 2.29 bits per heavy atom. The first kappa shape index (κ1) is 15.6. The summed E-state index contributed by atoms with van der Waals surface area (Å²) in [6.45, 7) is 1.13. The van der Waals surface area contributed by atoms with Crippen molar-refractivity contribution in [3.63, 3.8) is 0 Å². The van der Waals surface area contributed by atoms with Crippen LogP contribution in [0, 0.1) is 5.92 Å². The van der Waals surface area contributed by atoms with Crippen LogP contribution in [0.3, 0.4) is 0 Å². The van der Waals surface area contributed by atoms with Gasteiger partial charge in [-0.05, 0) is 12.8 Å². The molecule has 0 aromatic heterocycles. The number of methoxy groups -OCH3 is 1. The number of fused-ring (bicyclic) bond motifs is 1. The lowest BCUT2D eigenvalue weighted by atomic mass is 9.92. The number of hydrogen-bond donors (Lipinski definition) is 2. The lowest BCUT2D eigenvalue weighted by molar-refractivity contribution is -0.138. The molecule has 0 radical (unpaired) electrons. The number of aliphatic carboxylic acids is 1. The van der Waals surface area contributed by atoms with E-state index in [1.165, 1.54) is 12.0 Å². The number of carbonyl (C=O) groups is 3. The summed E-state index contributed by atoms with van der Waals surface area (Å²) in [4.78, 5) is 38.1. The van der Waals surface area contributed by atoms with E-state index in [0.29, 0.717) is 13.1 Å². The second-order valence-corrected chi connectivity index (χ2v) is 5.35. The first-order valence-electron chi connectivity index (χ1n) is 7.08. The van der Waals surface area contributed by atoms with Crippen LogP contribution < -0.4 is 5.32 Å². The van der Waals surface area contributed by atoms with Crippen LogP contribution in [0.4, 0.5) is 4.79 Å². The Morgan fingerprint density at radius 3 is 2.95 bits per heavy atom. The van der Waals surface area contributed by atoms with Crippen LogP contribution in [-0.4, -0.2) is 78.8 Å². The van der Waals surface area contributed by atoms with Crippen LogP contribution in [0.5, 0.6) is 0 Å². The molecule has 2 atom stereocenters. The molecule has 2 rings (SSSR count). The van der Waals surface area contributed by atoms with E-state index in [9.17, 15) is 14.4 Å². The maximum absolute atomic E-state index is 12.6. The predicted molar refractivity (Wildman–Crippen MR) is 72.7 cm³/mol. The van der Waals surface area contributed by atoms with Crippen molar-refractivity contribution >= 4 is 17.9 Å². The third kappa shape index (κ3) is 3.44. The van der Waals surface area contributed by atoms with Gasteiger partial charge in [-0.15, -0.1) is 0 Å². The van der Waals surface area contributed by atoms with Gasteiger partial charge in [-0.1, -0.05) is 0 Å². The summed E-state index contributed by atoms with van der Waals surface area (Å²) >= 11 is 0. The molecule has 0 aromatic rings. The SMILES string of the molecule is COCCN(CC(=O)O)C(=O)N1CCCC2C(=O)NCC21. The highest BCUT2D eigenvalue weighted by Gasteiger charge is 2.43. The van der Waals surface area contributed by atoms with Gasteiger partial charge < -0.3 is 25.0 Å². The summed E-state index contributed by atoms with van der Waals surface area (Å²) in [7, 11) is 1.50. The van der Waals surface area contributed by atoms with Crippen molar-refractivity contribution in [3.8, 4) is 0 Å². The maximum atomic E-state index is 12.6. The standard InChI is InChI=1S/C13H21N3O5/c1-21-6-5-15(8-11(17)18)13(20)16-4-2-3-9-10(16)7-14-12(9)19/h9-10H,2-8H2,1H3,(H,14,19)(H,17,18). The zero-order valence-electron chi connectivity index (χ0n) is 12.1. The summed E-state index contributed by atoms with van der Waals surface area (Å²) < 4.78 is 4.92. The van der Waals surface area contributed by atoms with Crippen molar-refractivity contribution in [1.82, 2.24) is 15.1 Å². The fraction of sp³-hybridized carbons (Fsp3) is 0.769. The minimum absolute atomic E-state index is 0.0147. The van der Waals surface area contributed by atoms with Crippen LogP contribution in [0.2, 0.25) is 0 Å². The zero-order chi connectivity index (χ0) is 15.4. The summed E-state index contributed by atoms with van der Waals surface area (Å²) in [6, 6.07) is -0.502.